The molecule has 3 aromatic rings. The predicted molar refractivity (Wildman–Crippen MR) is 95.1 cm³/mol. The average Bonchev–Trinajstić information content (AvgIpc) is 2.85. The third-order valence-corrected chi connectivity index (χ3v) is 6.59. The number of aromatic amines is 1. The lowest BCUT2D eigenvalue weighted by Crippen LogP contribution is -2.18. The normalized spacial score (nSPS) is 17.9. The van der Waals surface area contributed by atoms with E-state index < -0.39 is 21.5 Å². The van der Waals surface area contributed by atoms with Crippen LogP contribution < -0.4 is 5.32 Å². The highest BCUT2D eigenvalue weighted by atomic mass is 32.2. The maximum Gasteiger partial charge on any atom is 0.206 e. The second kappa shape index (κ2) is 6.17. The van der Waals surface area contributed by atoms with Gasteiger partial charge in [-0.3, -0.25) is 0 Å². The number of hydrogen-bond acceptors (Lipinski definition) is 3. The van der Waals surface area contributed by atoms with E-state index in [-0.39, 0.29) is 15.7 Å². The van der Waals surface area contributed by atoms with Crippen molar-refractivity contribution in [2.75, 3.05) is 13.1 Å². The molecule has 136 valence electrons. The standard InChI is InChI=1S/C19H18F2N2O2S/c1-11-10-22-5-4-16-17-9-14(2-3-18(17)23-19(11)16)26(24,25)15-7-12(20)6-13(21)8-15/h2-3,6-9,11,22-23H,4-5,10H2,1H3. The van der Waals surface area contributed by atoms with E-state index in [4.69, 9.17) is 0 Å². The van der Waals surface area contributed by atoms with Gasteiger partial charge in [-0.25, -0.2) is 17.2 Å². The van der Waals surface area contributed by atoms with Crippen LogP contribution in [0.2, 0.25) is 0 Å². The van der Waals surface area contributed by atoms with Crippen molar-refractivity contribution in [3.63, 3.8) is 0 Å². The number of rotatable bonds is 2. The Morgan fingerprint density at radius 3 is 2.50 bits per heavy atom. The van der Waals surface area contributed by atoms with Crippen molar-refractivity contribution < 1.29 is 17.2 Å². The molecule has 0 aliphatic carbocycles. The molecule has 0 fully saturated rings. The van der Waals surface area contributed by atoms with Crippen LogP contribution in [-0.4, -0.2) is 26.5 Å². The van der Waals surface area contributed by atoms with Crippen LogP contribution in [0.3, 0.4) is 0 Å². The molecular formula is C19H18F2N2O2S. The van der Waals surface area contributed by atoms with Gasteiger partial charge in [0, 0.05) is 35.1 Å². The maximum absolute atomic E-state index is 13.5. The summed E-state index contributed by atoms with van der Waals surface area (Å²) in [5, 5.41) is 4.20. The molecule has 2 aromatic carbocycles. The summed E-state index contributed by atoms with van der Waals surface area (Å²) in [4.78, 5) is 3.03. The van der Waals surface area contributed by atoms with Crippen LogP contribution in [0.15, 0.2) is 46.2 Å². The molecular weight excluding hydrogens is 358 g/mol. The molecule has 0 saturated carbocycles. The summed E-state index contributed by atoms with van der Waals surface area (Å²) in [6.45, 7) is 3.78. The summed E-state index contributed by atoms with van der Waals surface area (Å²) < 4.78 is 52.6. The lowest BCUT2D eigenvalue weighted by Gasteiger charge is -2.07. The molecule has 2 heterocycles. The van der Waals surface area contributed by atoms with E-state index >= 15 is 0 Å². The summed E-state index contributed by atoms with van der Waals surface area (Å²) in [5.74, 6) is -1.54. The SMILES string of the molecule is CC1CNCCc2c1[nH]c1ccc(S(=O)(=O)c3cc(F)cc(F)c3)cc21. The summed E-state index contributed by atoms with van der Waals surface area (Å²) in [6, 6.07) is 7.12. The molecule has 0 bridgehead atoms. The van der Waals surface area contributed by atoms with Crippen molar-refractivity contribution in [1.82, 2.24) is 10.3 Å². The van der Waals surface area contributed by atoms with Gasteiger partial charge in [-0.05, 0) is 48.9 Å². The highest BCUT2D eigenvalue weighted by Gasteiger charge is 2.23. The number of nitrogens with one attached hydrogen (secondary N) is 2. The maximum atomic E-state index is 13.5. The van der Waals surface area contributed by atoms with Gasteiger partial charge in [0.25, 0.3) is 0 Å². The average molecular weight is 376 g/mol. The van der Waals surface area contributed by atoms with Gasteiger partial charge in [-0.15, -0.1) is 0 Å². The van der Waals surface area contributed by atoms with E-state index in [9.17, 15) is 17.2 Å². The van der Waals surface area contributed by atoms with Gasteiger partial charge in [0.2, 0.25) is 9.84 Å². The Balaban J connectivity index is 1.88. The Kier molecular flexibility index (Phi) is 4.08. The predicted octanol–water partition coefficient (Wildman–Crippen LogP) is 3.53. The summed E-state index contributed by atoms with van der Waals surface area (Å²) in [6.07, 6.45) is 0.789. The van der Waals surface area contributed by atoms with Crippen LogP contribution in [0.25, 0.3) is 10.9 Å². The van der Waals surface area contributed by atoms with Gasteiger partial charge in [0.15, 0.2) is 0 Å². The first-order chi connectivity index (χ1) is 12.4. The van der Waals surface area contributed by atoms with Gasteiger partial charge in [0.05, 0.1) is 9.79 Å². The third-order valence-electron chi connectivity index (χ3n) is 4.86. The number of fused-ring (bicyclic) bond motifs is 3. The van der Waals surface area contributed by atoms with Crippen LogP contribution in [0.4, 0.5) is 8.78 Å². The largest absolute Gasteiger partial charge is 0.358 e. The number of aromatic nitrogens is 1. The first kappa shape index (κ1) is 17.2. The van der Waals surface area contributed by atoms with E-state index in [0.29, 0.717) is 6.07 Å². The molecule has 2 N–H and O–H groups in total. The Bertz CT molecular complexity index is 1090. The molecule has 4 nitrogen and oxygen atoms in total. The quantitative estimate of drug-likeness (QED) is 0.719. The Morgan fingerprint density at radius 2 is 1.77 bits per heavy atom. The van der Waals surface area contributed by atoms with Gasteiger partial charge in [0.1, 0.15) is 11.6 Å². The first-order valence-corrected chi connectivity index (χ1v) is 9.91. The van der Waals surface area contributed by atoms with E-state index in [2.05, 4.69) is 17.2 Å². The van der Waals surface area contributed by atoms with Gasteiger partial charge in [-0.1, -0.05) is 6.92 Å². The molecule has 7 heteroatoms. The Morgan fingerprint density at radius 1 is 1.04 bits per heavy atom. The van der Waals surface area contributed by atoms with Crippen molar-refractivity contribution in [2.45, 2.75) is 29.1 Å². The van der Waals surface area contributed by atoms with Crippen molar-refractivity contribution in [1.29, 1.82) is 0 Å². The molecule has 0 saturated heterocycles. The highest BCUT2D eigenvalue weighted by molar-refractivity contribution is 7.91. The molecule has 4 rings (SSSR count). The minimum absolute atomic E-state index is 0.0293. The van der Waals surface area contributed by atoms with Gasteiger partial charge in [-0.2, -0.15) is 0 Å². The lowest BCUT2D eigenvalue weighted by molar-refractivity contribution is 0.567. The Labute approximate surface area is 150 Å². The fourth-order valence-corrected chi connectivity index (χ4v) is 4.89. The second-order valence-corrected chi connectivity index (χ2v) is 8.64. The highest BCUT2D eigenvalue weighted by Crippen LogP contribution is 2.32. The van der Waals surface area contributed by atoms with Crippen LogP contribution >= 0.6 is 0 Å². The lowest BCUT2D eigenvalue weighted by atomic mass is 10.0. The molecule has 26 heavy (non-hydrogen) atoms. The van der Waals surface area contributed by atoms with Crippen molar-refractivity contribution in [3.05, 3.63) is 59.3 Å². The molecule has 1 aliphatic heterocycles. The summed E-state index contributed by atoms with van der Waals surface area (Å²) in [7, 11) is -4.01. The Hall–Kier alpha value is -2.25. The molecule has 0 radical (unpaired) electrons. The second-order valence-electron chi connectivity index (χ2n) is 6.69. The van der Waals surface area contributed by atoms with Crippen molar-refractivity contribution >= 4 is 20.7 Å². The number of H-pyrrole nitrogens is 1. The topological polar surface area (TPSA) is 62.0 Å². The van der Waals surface area contributed by atoms with Crippen molar-refractivity contribution in [3.8, 4) is 0 Å². The molecule has 0 spiro atoms. The zero-order valence-corrected chi connectivity index (χ0v) is 15.0. The first-order valence-electron chi connectivity index (χ1n) is 8.42. The molecule has 1 atom stereocenters. The van der Waals surface area contributed by atoms with Crippen molar-refractivity contribution in [2.24, 2.45) is 0 Å². The summed E-state index contributed by atoms with van der Waals surface area (Å²) in [5.41, 5.74) is 3.07. The van der Waals surface area contributed by atoms with Gasteiger partial charge >= 0.3 is 0 Å². The molecule has 1 aromatic heterocycles. The minimum Gasteiger partial charge on any atom is -0.358 e. The summed E-state index contributed by atoms with van der Waals surface area (Å²) >= 11 is 0. The number of benzene rings is 2. The fraction of sp³-hybridized carbons (Fsp3) is 0.263. The van der Waals surface area contributed by atoms with E-state index in [0.717, 1.165) is 53.8 Å². The number of hydrogen-bond donors (Lipinski definition) is 2. The zero-order valence-electron chi connectivity index (χ0n) is 14.1. The zero-order chi connectivity index (χ0) is 18.5. The fourth-order valence-electron chi connectivity index (χ4n) is 3.56. The van der Waals surface area contributed by atoms with E-state index in [1.54, 1.807) is 12.1 Å². The monoisotopic (exact) mass is 376 g/mol. The third kappa shape index (κ3) is 2.81. The van der Waals surface area contributed by atoms with E-state index in [1.807, 2.05) is 0 Å². The minimum atomic E-state index is -4.01. The molecule has 0 amide bonds. The van der Waals surface area contributed by atoms with Crippen LogP contribution in [0, 0.1) is 11.6 Å². The van der Waals surface area contributed by atoms with E-state index in [1.165, 1.54) is 6.07 Å². The van der Waals surface area contributed by atoms with Crippen LogP contribution in [0.5, 0.6) is 0 Å². The van der Waals surface area contributed by atoms with Crippen LogP contribution in [-0.2, 0) is 16.3 Å². The van der Waals surface area contributed by atoms with Crippen LogP contribution in [0.1, 0.15) is 24.1 Å². The number of sulfone groups is 1. The molecule has 1 aliphatic rings. The van der Waals surface area contributed by atoms with Gasteiger partial charge < -0.3 is 10.3 Å². The molecule has 1 unspecified atom stereocenters. The number of halogens is 2. The smallest absolute Gasteiger partial charge is 0.206 e.